The molecule has 0 spiro atoms. The van der Waals surface area contributed by atoms with Crippen LogP contribution in [0.3, 0.4) is 0 Å². The lowest BCUT2D eigenvalue weighted by Crippen LogP contribution is -2.47. The fraction of sp³-hybridized carbons (Fsp3) is 0.633. The van der Waals surface area contributed by atoms with Crippen molar-refractivity contribution in [2.75, 3.05) is 26.4 Å². The SMILES string of the molecule is CC.CCCCCCCOCCOCCCCCC(N)=O.NC(=O)C(CCC=O)N1C(=O)c2ccccc2C1=O. The zero-order chi connectivity index (χ0) is 30.2. The van der Waals surface area contributed by atoms with E-state index < -0.39 is 23.8 Å². The van der Waals surface area contributed by atoms with Crippen molar-refractivity contribution >= 4 is 29.9 Å². The van der Waals surface area contributed by atoms with Gasteiger partial charge in [-0.15, -0.1) is 0 Å². The molecule has 1 aromatic carbocycles. The molecule has 10 heteroatoms. The third-order valence-electron chi connectivity index (χ3n) is 6.00. The van der Waals surface area contributed by atoms with Gasteiger partial charge in [-0.25, -0.2) is 0 Å². The lowest BCUT2D eigenvalue weighted by Gasteiger charge is -2.22. The highest BCUT2D eigenvalue weighted by molar-refractivity contribution is 6.22. The van der Waals surface area contributed by atoms with E-state index >= 15 is 0 Å². The Labute approximate surface area is 239 Å². The summed E-state index contributed by atoms with van der Waals surface area (Å²) in [5.74, 6) is -2.10. The number of nitrogens with zero attached hydrogens (tertiary/aromatic N) is 1. The molecule has 10 nitrogen and oxygen atoms in total. The minimum Gasteiger partial charge on any atom is -0.379 e. The van der Waals surface area contributed by atoms with E-state index in [9.17, 15) is 24.0 Å². The molecule has 0 bridgehead atoms. The standard InChI is InChI=1S/C15H31NO3.C13H12N2O4.C2H6/c1-2-3-4-5-8-11-18-13-14-19-12-9-6-7-10-15(16)17;14-11(17)10(6-3-7-16)15-12(18)8-4-1-2-5-9(8)13(15)19;1-2/h2-14H2,1H3,(H2,16,17);1-2,4-5,7,10H,3,6H2,(H2,14,17);1-2H3. The Kier molecular flexibility index (Phi) is 21.9. The van der Waals surface area contributed by atoms with Gasteiger partial charge < -0.3 is 25.7 Å². The van der Waals surface area contributed by atoms with Gasteiger partial charge in [-0.1, -0.05) is 65.0 Å². The highest BCUT2D eigenvalue weighted by Gasteiger charge is 2.41. The second kappa shape index (κ2) is 23.7. The summed E-state index contributed by atoms with van der Waals surface area (Å²) in [5, 5.41) is 0. The first-order chi connectivity index (χ1) is 19.3. The lowest BCUT2D eigenvalue weighted by molar-refractivity contribution is -0.122. The van der Waals surface area contributed by atoms with Crippen LogP contribution in [0.1, 0.15) is 112 Å². The number of unbranched alkanes of at least 4 members (excludes halogenated alkanes) is 6. The molecule has 40 heavy (non-hydrogen) atoms. The Morgan fingerprint density at radius 1 is 0.825 bits per heavy atom. The van der Waals surface area contributed by atoms with Gasteiger partial charge in [0, 0.05) is 26.1 Å². The van der Waals surface area contributed by atoms with E-state index in [1.807, 2.05) is 13.8 Å². The molecule has 0 fully saturated rings. The maximum atomic E-state index is 12.1. The van der Waals surface area contributed by atoms with Crippen molar-refractivity contribution in [3.05, 3.63) is 35.4 Å². The number of nitrogens with two attached hydrogens (primary N) is 2. The minimum atomic E-state index is -1.09. The highest BCUT2D eigenvalue weighted by Crippen LogP contribution is 2.25. The van der Waals surface area contributed by atoms with Crippen LogP contribution in [0.5, 0.6) is 0 Å². The molecule has 1 atom stereocenters. The van der Waals surface area contributed by atoms with E-state index in [2.05, 4.69) is 6.92 Å². The van der Waals surface area contributed by atoms with Crippen molar-refractivity contribution in [2.45, 2.75) is 97.4 Å². The molecular formula is C30H49N3O7. The van der Waals surface area contributed by atoms with Crippen LogP contribution in [-0.2, 0) is 23.9 Å². The quantitative estimate of drug-likeness (QED) is 0.137. The van der Waals surface area contributed by atoms with Crippen molar-refractivity contribution in [3.63, 3.8) is 0 Å². The van der Waals surface area contributed by atoms with Crippen LogP contribution in [0.4, 0.5) is 0 Å². The number of fused-ring (bicyclic) bond motifs is 1. The number of ether oxygens (including phenoxy) is 2. The minimum absolute atomic E-state index is 0.0459. The molecule has 4 N–H and O–H groups in total. The molecule has 1 heterocycles. The monoisotopic (exact) mass is 563 g/mol. The smallest absolute Gasteiger partial charge is 0.262 e. The molecule has 4 amide bonds. The summed E-state index contributed by atoms with van der Waals surface area (Å²) in [4.78, 5) is 57.4. The van der Waals surface area contributed by atoms with Crippen molar-refractivity contribution in [1.82, 2.24) is 4.90 Å². The maximum Gasteiger partial charge on any atom is 0.262 e. The number of imide groups is 1. The number of primary amides is 2. The van der Waals surface area contributed by atoms with Gasteiger partial charge in [0.2, 0.25) is 11.8 Å². The van der Waals surface area contributed by atoms with Crippen molar-refractivity contribution in [3.8, 4) is 0 Å². The van der Waals surface area contributed by atoms with Gasteiger partial charge >= 0.3 is 0 Å². The predicted molar refractivity (Wildman–Crippen MR) is 155 cm³/mol. The Morgan fingerprint density at radius 3 is 1.77 bits per heavy atom. The summed E-state index contributed by atoms with van der Waals surface area (Å²) < 4.78 is 10.9. The number of carbonyl (C=O) groups excluding carboxylic acids is 5. The second-order valence-corrected chi connectivity index (χ2v) is 9.10. The second-order valence-electron chi connectivity index (χ2n) is 9.10. The predicted octanol–water partition coefficient (Wildman–Crippen LogP) is 4.18. The average Bonchev–Trinajstić information content (AvgIpc) is 3.20. The number of benzene rings is 1. The van der Waals surface area contributed by atoms with Crippen molar-refractivity contribution in [2.24, 2.45) is 11.5 Å². The Morgan fingerprint density at radius 2 is 1.32 bits per heavy atom. The third-order valence-corrected chi connectivity index (χ3v) is 6.00. The van der Waals surface area contributed by atoms with Crippen LogP contribution in [0.2, 0.25) is 0 Å². The largest absolute Gasteiger partial charge is 0.379 e. The molecule has 1 unspecified atom stereocenters. The molecule has 226 valence electrons. The van der Waals surface area contributed by atoms with E-state index in [0.29, 0.717) is 25.9 Å². The normalized spacial score (nSPS) is 12.5. The van der Waals surface area contributed by atoms with Gasteiger partial charge in [-0.2, -0.15) is 0 Å². The zero-order valence-electron chi connectivity index (χ0n) is 24.5. The zero-order valence-corrected chi connectivity index (χ0v) is 24.5. The number of aldehydes is 1. The van der Waals surface area contributed by atoms with E-state index in [1.54, 1.807) is 12.1 Å². The molecule has 0 aromatic heterocycles. The lowest BCUT2D eigenvalue weighted by atomic mass is 10.1. The molecule has 0 saturated carbocycles. The third kappa shape index (κ3) is 14.9. The van der Waals surface area contributed by atoms with Crippen molar-refractivity contribution in [1.29, 1.82) is 0 Å². The Balaban J connectivity index is 0.000000716. The fourth-order valence-corrected chi connectivity index (χ4v) is 3.93. The first-order valence-electron chi connectivity index (χ1n) is 14.5. The molecular weight excluding hydrogens is 514 g/mol. The summed E-state index contributed by atoms with van der Waals surface area (Å²) in [6.07, 6.45) is 10.4. The Hall–Kier alpha value is -3.11. The number of hydrogen-bond acceptors (Lipinski definition) is 7. The van der Waals surface area contributed by atoms with Crippen LogP contribution in [0.15, 0.2) is 24.3 Å². The van der Waals surface area contributed by atoms with Gasteiger partial charge in [-0.3, -0.25) is 24.1 Å². The topological polar surface area (TPSA) is 159 Å². The number of hydrogen-bond donors (Lipinski definition) is 2. The summed E-state index contributed by atoms with van der Waals surface area (Å²) in [5.41, 5.74) is 10.8. The van der Waals surface area contributed by atoms with E-state index in [4.69, 9.17) is 20.9 Å². The van der Waals surface area contributed by atoms with Crippen molar-refractivity contribution < 1.29 is 33.4 Å². The molecule has 0 aliphatic carbocycles. The van der Waals surface area contributed by atoms with Gasteiger partial charge in [0.25, 0.3) is 11.8 Å². The molecule has 0 saturated heterocycles. The number of rotatable bonds is 20. The molecule has 1 aromatic rings. The van der Waals surface area contributed by atoms with Crippen LogP contribution in [-0.4, -0.2) is 67.3 Å². The molecule has 2 rings (SSSR count). The van der Waals surface area contributed by atoms with Gasteiger partial charge in [0.15, 0.2) is 0 Å². The average molecular weight is 564 g/mol. The van der Waals surface area contributed by atoms with Crippen LogP contribution in [0.25, 0.3) is 0 Å². The van der Waals surface area contributed by atoms with Crippen LogP contribution < -0.4 is 11.5 Å². The number of carbonyl (C=O) groups is 5. The molecule has 1 aliphatic heterocycles. The van der Waals surface area contributed by atoms with E-state index in [1.165, 1.54) is 37.8 Å². The summed E-state index contributed by atoms with van der Waals surface area (Å²) >= 11 is 0. The van der Waals surface area contributed by atoms with Gasteiger partial charge in [-0.05, 0) is 37.8 Å². The van der Waals surface area contributed by atoms with Gasteiger partial charge in [0.1, 0.15) is 12.3 Å². The maximum absolute atomic E-state index is 12.1. The first-order valence-corrected chi connectivity index (χ1v) is 14.5. The molecule has 0 radical (unpaired) electrons. The fourth-order valence-electron chi connectivity index (χ4n) is 3.93. The van der Waals surface area contributed by atoms with E-state index in [-0.39, 0.29) is 29.9 Å². The Bertz CT molecular complexity index is 857. The van der Waals surface area contributed by atoms with Gasteiger partial charge in [0.05, 0.1) is 24.3 Å². The first kappa shape index (κ1) is 36.9. The molecule has 1 aliphatic rings. The number of amides is 4. The summed E-state index contributed by atoms with van der Waals surface area (Å²) in [7, 11) is 0. The summed E-state index contributed by atoms with van der Waals surface area (Å²) in [6, 6.07) is 5.23. The van der Waals surface area contributed by atoms with E-state index in [0.717, 1.165) is 43.8 Å². The van der Waals surface area contributed by atoms with Crippen LogP contribution in [0, 0.1) is 0 Å². The van der Waals surface area contributed by atoms with Crippen LogP contribution >= 0.6 is 0 Å². The highest BCUT2D eigenvalue weighted by atomic mass is 16.5. The summed E-state index contributed by atoms with van der Waals surface area (Å²) in [6.45, 7) is 9.19.